The van der Waals surface area contributed by atoms with Crippen LogP contribution in [0.5, 0.6) is 0 Å². The number of benzene rings is 1. The van der Waals surface area contributed by atoms with Crippen molar-refractivity contribution in [3.05, 3.63) is 35.4 Å². The minimum atomic E-state index is -4.49. The smallest absolute Gasteiger partial charge is 0.353 e. The number of hydrazine groups is 1. The Bertz CT molecular complexity index is 878. The van der Waals surface area contributed by atoms with E-state index in [9.17, 15) is 27.6 Å². The first kappa shape index (κ1) is 23.6. The van der Waals surface area contributed by atoms with Crippen molar-refractivity contribution < 1.29 is 27.6 Å². The first-order chi connectivity index (χ1) is 15.5. The van der Waals surface area contributed by atoms with Crippen LogP contribution in [-0.4, -0.2) is 23.8 Å². The average molecular weight is 466 g/mol. The normalized spacial score (nSPS) is 28.8. The highest BCUT2D eigenvalue weighted by molar-refractivity contribution is 5.95. The Morgan fingerprint density at radius 2 is 1.42 bits per heavy atom. The summed E-state index contributed by atoms with van der Waals surface area (Å²) < 4.78 is 37.8. The molecule has 0 radical (unpaired) electrons. The van der Waals surface area contributed by atoms with E-state index >= 15 is 0 Å². The highest BCUT2D eigenvalue weighted by Gasteiger charge is 2.53. The van der Waals surface area contributed by atoms with Crippen LogP contribution in [0.1, 0.15) is 74.2 Å². The third-order valence-corrected chi connectivity index (χ3v) is 7.75. The number of alkyl halides is 3. The van der Waals surface area contributed by atoms with E-state index in [1.807, 2.05) is 0 Å². The maximum absolute atomic E-state index is 12.6. The van der Waals surface area contributed by atoms with E-state index in [0.29, 0.717) is 0 Å². The standard InChI is InChI=1S/C24H30F3N3O3/c1-14(23-11-15-8-16(12-23)10-17(9-15)13-23)28-20(31)6-7-21(32)29-30-22(33)18-2-4-19(5-3-18)24(25,26)27/h2-5,14-17H,6-13H2,1H3,(H,28,31)(H,29,32)(H,30,33)/t14-,15?,16?,17?,23?/m0/s1. The maximum atomic E-state index is 12.6. The largest absolute Gasteiger partial charge is 0.416 e. The van der Waals surface area contributed by atoms with Gasteiger partial charge in [-0.05, 0) is 92.9 Å². The van der Waals surface area contributed by atoms with Gasteiger partial charge < -0.3 is 5.32 Å². The third-order valence-electron chi connectivity index (χ3n) is 7.75. The van der Waals surface area contributed by atoms with E-state index in [1.165, 1.54) is 38.5 Å². The summed E-state index contributed by atoms with van der Waals surface area (Å²) in [5.74, 6) is 0.881. The number of hydrogen-bond acceptors (Lipinski definition) is 3. The fourth-order valence-corrected chi connectivity index (χ4v) is 6.47. The Hall–Kier alpha value is -2.58. The lowest BCUT2D eigenvalue weighted by Gasteiger charge is -2.59. The molecule has 3 amide bonds. The van der Waals surface area contributed by atoms with Crippen LogP contribution in [0.25, 0.3) is 0 Å². The first-order valence-electron chi connectivity index (χ1n) is 11.6. The summed E-state index contributed by atoms with van der Waals surface area (Å²) in [6.07, 6.45) is 2.93. The Labute approximate surface area is 191 Å². The molecule has 1 aromatic rings. The number of nitrogens with one attached hydrogen (secondary N) is 3. The minimum absolute atomic E-state index is 0.00130. The fraction of sp³-hybridized carbons (Fsp3) is 0.625. The SMILES string of the molecule is C[C@H](NC(=O)CCC(=O)NNC(=O)c1ccc(C(F)(F)F)cc1)C12CC3CC(CC(C3)C1)C2. The van der Waals surface area contributed by atoms with Crippen molar-refractivity contribution in [1.82, 2.24) is 16.2 Å². The second-order valence-corrected chi connectivity index (χ2v) is 10.1. The second-order valence-electron chi connectivity index (χ2n) is 10.1. The molecule has 33 heavy (non-hydrogen) atoms. The molecule has 4 aliphatic rings. The predicted molar refractivity (Wildman–Crippen MR) is 114 cm³/mol. The zero-order valence-electron chi connectivity index (χ0n) is 18.6. The number of hydrogen-bond donors (Lipinski definition) is 3. The van der Waals surface area contributed by atoms with Crippen molar-refractivity contribution in [3.63, 3.8) is 0 Å². The van der Waals surface area contributed by atoms with Gasteiger partial charge in [0, 0.05) is 24.4 Å². The van der Waals surface area contributed by atoms with E-state index in [4.69, 9.17) is 0 Å². The van der Waals surface area contributed by atoms with Crippen molar-refractivity contribution in [2.75, 3.05) is 0 Å². The van der Waals surface area contributed by atoms with E-state index in [2.05, 4.69) is 23.1 Å². The van der Waals surface area contributed by atoms with Gasteiger partial charge in [0.2, 0.25) is 11.8 Å². The number of rotatable bonds is 6. The van der Waals surface area contributed by atoms with Crippen molar-refractivity contribution in [2.45, 2.75) is 70.5 Å². The zero-order valence-corrected chi connectivity index (χ0v) is 18.6. The number of halogens is 3. The van der Waals surface area contributed by atoms with Crippen LogP contribution in [0.2, 0.25) is 0 Å². The Morgan fingerprint density at radius 3 is 1.94 bits per heavy atom. The highest BCUT2D eigenvalue weighted by atomic mass is 19.4. The molecule has 4 aliphatic carbocycles. The molecule has 4 fully saturated rings. The van der Waals surface area contributed by atoms with E-state index in [0.717, 1.165) is 42.0 Å². The molecule has 0 unspecified atom stereocenters. The monoisotopic (exact) mass is 465 g/mol. The molecule has 3 N–H and O–H groups in total. The molecular weight excluding hydrogens is 435 g/mol. The Balaban J connectivity index is 1.19. The van der Waals surface area contributed by atoms with Crippen LogP contribution in [-0.2, 0) is 15.8 Å². The third kappa shape index (κ3) is 5.33. The molecule has 1 atom stereocenters. The number of carbonyl (C=O) groups excluding carboxylic acids is 3. The minimum Gasteiger partial charge on any atom is -0.353 e. The van der Waals surface area contributed by atoms with Crippen LogP contribution in [0.4, 0.5) is 13.2 Å². The quantitative estimate of drug-likeness (QED) is 0.556. The molecule has 180 valence electrons. The summed E-state index contributed by atoms with van der Waals surface area (Å²) in [6.45, 7) is 2.08. The lowest BCUT2D eigenvalue weighted by atomic mass is 9.48. The first-order valence-corrected chi connectivity index (χ1v) is 11.6. The molecule has 4 bridgehead atoms. The van der Waals surface area contributed by atoms with Crippen LogP contribution in [0.15, 0.2) is 24.3 Å². The van der Waals surface area contributed by atoms with E-state index in [1.54, 1.807) is 0 Å². The molecular formula is C24H30F3N3O3. The van der Waals surface area contributed by atoms with Gasteiger partial charge in [-0.25, -0.2) is 0 Å². The van der Waals surface area contributed by atoms with Crippen LogP contribution in [0, 0.1) is 23.2 Å². The van der Waals surface area contributed by atoms with Crippen LogP contribution < -0.4 is 16.2 Å². The summed E-state index contributed by atoms with van der Waals surface area (Å²) >= 11 is 0. The molecule has 5 rings (SSSR count). The topological polar surface area (TPSA) is 87.3 Å². The zero-order chi connectivity index (χ0) is 23.8. The molecule has 0 aliphatic heterocycles. The van der Waals surface area contributed by atoms with Crippen molar-refractivity contribution in [3.8, 4) is 0 Å². The lowest BCUT2D eigenvalue weighted by Crippen LogP contribution is -2.55. The maximum Gasteiger partial charge on any atom is 0.416 e. The summed E-state index contributed by atoms with van der Waals surface area (Å²) in [7, 11) is 0. The van der Waals surface area contributed by atoms with Gasteiger partial charge >= 0.3 is 6.18 Å². The van der Waals surface area contributed by atoms with Crippen LogP contribution in [0.3, 0.4) is 0 Å². The molecule has 1 aromatic carbocycles. The molecule has 0 saturated heterocycles. The van der Waals surface area contributed by atoms with Gasteiger partial charge in [-0.3, -0.25) is 25.2 Å². The summed E-state index contributed by atoms with van der Waals surface area (Å²) in [4.78, 5) is 36.5. The molecule has 6 nitrogen and oxygen atoms in total. The van der Waals surface area contributed by atoms with Crippen molar-refractivity contribution in [2.24, 2.45) is 23.2 Å². The van der Waals surface area contributed by atoms with Gasteiger partial charge in [0.15, 0.2) is 0 Å². The lowest BCUT2D eigenvalue weighted by molar-refractivity contribution is -0.137. The number of amides is 3. The number of carbonyl (C=O) groups is 3. The summed E-state index contributed by atoms with van der Waals surface area (Å²) in [5, 5.41) is 3.10. The molecule has 0 heterocycles. The summed E-state index contributed by atoms with van der Waals surface area (Å²) in [5.41, 5.74) is 3.66. The Kier molecular flexibility index (Phi) is 6.42. The van der Waals surface area contributed by atoms with Crippen molar-refractivity contribution in [1.29, 1.82) is 0 Å². The average Bonchev–Trinajstić information content (AvgIpc) is 2.74. The van der Waals surface area contributed by atoms with E-state index < -0.39 is 23.6 Å². The highest BCUT2D eigenvalue weighted by Crippen LogP contribution is 2.61. The molecule has 4 saturated carbocycles. The molecule has 9 heteroatoms. The van der Waals surface area contributed by atoms with Gasteiger partial charge in [0.05, 0.1) is 5.56 Å². The fourth-order valence-electron chi connectivity index (χ4n) is 6.47. The second kappa shape index (κ2) is 8.99. The van der Waals surface area contributed by atoms with Gasteiger partial charge in [-0.1, -0.05) is 0 Å². The summed E-state index contributed by atoms with van der Waals surface area (Å²) in [6, 6.07) is 3.73. The van der Waals surface area contributed by atoms with E-state index in [-0.39, 0.29) is 35.8 Å². The van der Waals surface area contributed by atoms with Gasteiger partial charge in [0.1, 0.15) is 0 Å². The molecule has 0 aromatic heterocycles. The van der Waals surface area contributed by atoms with Crippen molar-refractivity contribution >= 4 is 17.7 Å². The van der Waals surface area contributed by atoms with Gasteiger partial charge in [-0.2, -0.15) is 13.2 Å². The van der Waals surface area contributed by atoms with Gasteiger partial charge in [-0.15, -0.1) is 0 Å². The van der Waals surface area contributed by atoms with Gasteiger partial charge in [0.25, 0.3) is 5.91 Å². The predicted octanol–water partition coefficient (Wildman–Crippen LogP) is 3.97. The van der Waals surface area contributed by atoms with Crippen LogP contribution >= 0.6 is 0 Å². The molecule has 0 spiro atoms. The Morgan fingerprint density at radius 1 is 0.909 bits per heavy atom.